The molecule has 0 saturated heterocycles. The molecule has 0 aromatic heterocycles. The molecule has 8 nitrogen and oxygen atoms in total. The van der Waals surface area contributed by atoms with Crippen molar-refractivity contribution in [1.29, 1.82) is 0 Å². The molecule has 0 heterocycles. The van der Waals surface area contributed by atoms with Crippen LogP contribution in [-0.4, -0.2) is 31.8 Å². The number of benzene rings is 2. The van der Waals surface area contributed by atoms with Crippen molar-refractivity contribution in [2.75, 3.05) is 0 Å². The molecule has 0 spiro atoms. The molecular formula is C22H23NO7S2. The van der Waals surface area contributed by atoms with Crippen LogP contribution in [0.1, 0.15) is 55.0 Å². The maximum atomic E-state index is 12.6. The van der Waals surface area contributed by atoms with Crippen molar-refractivity contribution in [2.45, 2.75) is 48.9 Å². The summed E-state index contributed by atoms with van der Waals surface area (Å²) in [4.78, 5) is 11.9. The maximum absolute atomic E-state index is 12.6. The number of fused-ring (bicyclic) bond motifs is 2. The van der Waals surface area contributed by atoms with Crippen molar-refractivity contribution < 1.29 is 30.7 Å². The molecule has 10 heteroatoms. The van der Waals surface area contributed by atoms with Gasteiger partial charge in [-0.05, 0) is 66.3 Å². The van der Waals surface area contributed by atoms with E-state index in [0.717, 1.165) is 0 Å². The van der Waals surface area contributed by atoms with E-state index in [-0.39, 0.29) is 28.5 Å². The quantitative estimate of drug-likeness (QED) is 0.430. The molecule has 1 atom stereocenters. The minimum atomic E-state index is -4.49. The second-order valence-electron chi connectivity index (χ2n) is 8.02. The number of rotatable bonds is 6. The van der Waals surface area contributed by atoms with E-state index >= 15 is 0 Å². The van der Waals surface area contributed by atoms with Gasteiger partial charge in [0.05, 0.1) is 15.8 Å². The average molecular weight is 478 g/mol. The summed E-state index contributed by atoms with van der Waals surface area (Å²) < 4.78 is 65.4. The van der Waals surface area contributed by atoms with Gasteiger partial charge in [-0.2, -0.15) is 16.8 Å². The molecule has 0 fully saturated rings. The number of carbonyl (C=O) groups is 1. The Morgan fingerprint density at radius 1 is 1.00 bits per heavy atom. The molecule has 1 amide bonds. The van der Waals surface area contributed by atoms with E-state index in [1.807, 2.05) is 13.8 Å². The van der Waals surface area contributed by atoms with Crippen LogP contribution in [0.15, 0.2) is 46.2 Å². The largest absolute Gasteiger partial charge is 0.349 e. The van der Waals surface area contributed by atoms with Gasteiger partial charge >= 0.3 is 0 Å². The van der Waals surface area contributed by atoms with Gasteiger partial charge in [-0.15, -0.1) is 0 Å². The first-order valence-electron chi connectivity index (χ1n) is 9.88. The number of carbonyl (C=O) groups excluding carboxylic acids is 1. The third kappa shape index (κ3) is 5.75. The Morgan fingerprint density at radius 3 is 2.16 bits per heavy atom. The van der Waals surface area contributed by atoms with Gasteiger partial charge in [-0.25, -0.2) is 0 Å². The van der Waals surface area contributed by atoms with Gasteiger partial charge in [0.1, 0.15) is 0 Å². The van der Waals surface area contributed by atoms with E-state index in [2.05, 4.69) is 17.2 Å². The summed E-state index contributed by atoms with van der Waals surface area (Å²) in [5.74, 6) is 5.89. The highest BCUT2D eigenvalue weighted by Gasteiger charge is 2.24. The summed E-state index contributed by atoms with van der Waals surface area (Å²) in [5.41, 5.74) is 1.83. The Labute approximate surface area is 187 Å². The number of nitrogens with one attached hydrogen (secondary N) is 1. The van der Waals surface area contributed by atoms with E-state index in [1.165, 1.54) is 36.4 Å². The molecule has 0 bridgehead atoms. The summed E-state index contributed by atoms with van der Waals surface area (Å²) in [7, 11) is -8.94. The van der Waals surface area contributed by atoms with Crippen LogP contribution in [0, 0.1) is 17.8 Å². The molecule has 3 rings (SSSR count). The lowest BCUT2D eigenvalue weighted by Gasteiger charge is -2.23. The minimum Gasteiger partial charge on any atom is -0.349 e. The first-order valence-corrected chi connectivity index (χ1v) is 12.8. The standard InChI is InChI=1S/C22H23NO7S2/c1-14(2)3-10-22(24)23-21-12-17-11-18(31(25,26)27)8-6-15(17)4-5-16-7-9-19(13-20(16)21)32(28,29)30/h6-9,11,13-14,21H,3,10,12H2,1-2H3,(H,23,24)(H,25,26,27)(H,28,29,30). The predicted octanol–water partition coefficient (Wildman–Crippen LogP) is 2.73. The van der Waals surface area contributed by atoms with Gasteiger partial charge in [-0.3, -0.25) is 13.9 Å². The Morgan fingerprint density at radius 2 is 1.56 bits per heavy atom. The lowest BCUT2D eigenvalue weighted by molar-refractivity contribution is -0.122. The van der Waals surface area contributed by atoms with Gasteiger partial charge in [0.2, 0.25) is 5.91 Å². The average Bonchev–Trinajstić information content (AvgIpc) is 2.67. The normalized spacial score (nSPS) is 15.6. The van der Waals surface area contributed by atoms with E-state index in [9.17, 15) is 30.7 Å². The molecule has 2 aromatic rings. The summed E-state index contributed by atoms with van der Waals surface area (Å²) >= 11 is 0. The predicted molar refractivity (Wildman–Crippen MR) is 117 cm³/mol. The Kier molecular flexibility index (Phi) is 6.76. The van der Waals surface area contributed by atoms with Gasteiger partial charge in [-0.1, -0.05) is 25.7 Å². The van der Waals surface area contributed by atoms with Crippen molar-refractivity contribution >= 4 is 26.1 Å². The fourth-order valence-electron chi connectivity index (χ4n) is 3.40. The minimum absolute atomic E-state index is 0.0999. The molecule has 0 aliphatic heterocycles. The van der Waals surface area contributed by atoms with Crippen molar-refractivity contribution in [2.24, 2.45) is 5.92 Å². The Bertz CT molecular complexity index is 1330. The van der Waals surface area contributed by atoms with Crippen LogP contribution < -0.4 is 5.32 Å². The van der Waals surface area contributed by atoms with Crippen LogP contribution in [0.5, 0.6) is 0 Å². The van der Waals surface area contributed by atoms with Crippen LogP contribution in [0.25, 0.3) is 0 Å². The molecule has 1 unspecified atom stereocenters. The Balaban J connectivity index is 2.12. The molecule has 1 aliphatic carbocycles. The summed E-state index contributed by atoms with van der Waals surface area (Å²) in [6, 6.07) is 7.19. The third-order valence-corrected chi connectivity index (χ3v) is 6.81. The smallest absolute Gasteiger partial charge is 0.294 e. The fourth-order valence-corrected chi connectivity index (χ4v) is 4.45. The molecule has 32 heavy (non-hydrogen) atoms. The molecule has 0 radical (unpaired) electrons. The summed E-state index contributed by atoms with van der Waals surface area (Å²) in [5, 5.41) is 2.88. The highest BCUT2D eigenvalue weighted by atomic mass is 32.2. The van der Waals surface area contributed by atoms with E-state index in [1.54, 1.807) is 0 Å². The summed E-state index contributed by atoms with van der Waals surface area (Å²) in [6.45, 7) is 3.97. The molecular weight excluding hydrogens is 454 g/mol. The van der Waals surface area contributed by atoms with Crippen molar-refractivity contribution in [3.8, 4) is 11.8 Å². The van der Waals surface area contributed by atoms with Gasteiger partial charge < -0.3 is 5.32 Å². The van der Waals surface area contributed by atoms with Crippen molar-refractivity contribution in [3.63, 3.8) is 0 Å². The lowest BCUT2D eigenvalue weighted by atomic mass is 9.90. The maximum Gasteiger partial charge on any atom is 0.294 e. The van der Waals surface area contributed by atoms with Crippen LogP contribution in [0.4, 0.5) is 0 Å². The van der Waals surface area contributed by atoms with Crippen LogP contribution in [0.2, 0.25) is 0 Å². The second-order valence-corrected chi connectivity index (χ2v) is 10.9. The number of hydrogen-bond acceptors (Lipinski definition) is 5. The highest BCUT2D eigenvalue weighted by Crippen LogP contribution is 2.29. The molecule has 1 aliphatic rings. The molecule has 2 aromatic carbocycles. The number of hydrogen-bond donors (Lipinski definition) is 3. The van der Waals surface area contributed by atoms with Crippen LogP contribution >= 0.6 is 0 Å². The first-order chi connectivity index (χ1) is 14.8. The van der Waals surface area contributed by atoms with Crippen molar-refractivity contribution in [1.82, 2.24) is 5.32 Å². The number of amides is 1. The molecule has 3 N–H and O–H groups in total. The van der Waals surface area contributed by atoms with Gasteiger partial charge in [0.15, 0.2) is 0 Å². The molecule has 170 valence electrons. The van der Waals surface area contributed by atoms with Crippen LogP contribution in [0.3, 0.4) is 0 Å². The zero-order valence-corrected chi connectivity index (χ0v) is 19.1. The van der Waals surface area contributed by atoms with Gasteiger partial charge in [0, 0.05) is 17.5 Å². The zero-order chi connectivity index (χ0) is 23.7. The van der Waals surface area contributed by atoms with Crippen molar-refractivity contribution in [3.05, 3.63) is 58.7 Å². The monoisotopic (exact) mass is 477 g/mol. The fraction of sp³-hybridized carbons (Fsp3) is 0.318. The molecule has 0 saturated carbocycles. The highest BCUT2D eigenvalue weighted by molar-refractivity contribution is 7.86. The summed E-state index contributed by atoms with van der Waals surface area (Å²) in [6.07, 6.45) is 1.01. The second kappa shape index (κ2) is 9.03. The Hall–Kier alpha value is -2.71. The van der Waals surface area contributed by atoms with Gasteiger partial charge in [0.25, 0.3) is 20.2 Å². The topological polar surface area (TPSA) is 138 Å². The third-order valence-electron chi connectivity index (χ3n) is 5.11. The first kappa shape index (κ1) is 23.9. The SMILES string of the molecule is CC(C)CCC(=O)NC1Cc2cc(S(=O)(=O)O)ccc2C#Cc2ccc(S(=O)(=O)O)cc21. The van der Waals surface area contributed by atoms with E-state index < -0.39 is 26.3 Å². The van der Waals surface area contributed by atoms with Crippen LogP contribution in [-0.2, 0) is 31.5 Å². The zero-order valence-electron chi connectivity index (χ0n) is 17.5. The van der Waals surface area contributed by atoms with E-state index in [4.69, 9.17) is 0 Å². The van der Waals surface area contributed by atoms with E-state index in [0.29, 0.717) is 34.6 Å². The lowest BCUT2D eigenvalue weighted by Crippen LogP contribution is -2.31.